The third kappa shape index (κ3) is 4.28. The van der Waals surface area contributed by atoms with E-state index in [1.807, 2.05) is 18.2 Å². The fourth-order valence-electron chi connectivity index (χ4n) is 3.65. The number of hydrogen-bond donors (Lipinski definition) is 1. The quantitative estimate of drug-likeness (QED) is 0.597. The molecule has 3 aromatic carbocycles. The maximum atomic E-state index is 6.36. The van der Waals surface area contributed by atoms with E-state index in [4.69, 9.17) is 4.74 Å². The first kappa shape index (κ1) is 19.9. The van der Waals surface area contributed by atoms with Crippen LogP contribution >= 0.6 is 0 Å². The SMILES string of the molecule is CC1=C(c2ccccc2)Oc2ccccc2/C1=C\C(=[NH+]CC(C)C)c1ccccc1. The second-order valence-electron chi connectivity index (χ2n) is 8.03. The molecule has 0 bridgehead atoms. The van der Waals surface area contributed by atoms with Crippen LogP contribution in [0.2, 0.25) is 0 Å². The first-order valence-corrected chi connectivity index (χ1v) is 10.6. The van der Waals surface area contributed by atoms with Crippen molar-refractivity contribution in [1.29, 1.82) is 0 Å². The molecule has 0 radical (unpaired) electrons. The number of rotatable bonds is 5. The summed E-state index contributed by atoms with van der Waals surface area (Å²) in [7, 11) is 0. The molecule has 1 aliphatic rings. The molecule has 2 nitrogen and oxygen atoms in total. The van der Waals surface area contributed by atoms with Crippen molar-refractivity contribution in [1.82, 2.24) is 0 Å². The Bertz CT molecular complexity index is 1110. The molecule has 150 valence electrons. The van der Waals surface area contributed by atoms with Crippen LogP contribution in [0.5, 0.6) is 5.75 Å². The normalized spacial score (nSPS) is 15.3. The highest BCUT2D eigenvalue weighted by Crippen LogP contribution is 2.41. The van der Waals surface area contributed by atoms with E-state index in [1.54, 1.807) is 0 Å². The van der Waals surface area contributed by atoms with Gasteiger partial charge in [0.1, 0.15) is 18.1 Å². The zero-order valence-corrected chi connectivity index (χ0v) is 17.9. The van der Waals surface area contributed by atoms with Crippen molar-refractivity contribution in [3.8, 4) is 5.75 Å². The van der Waals surface area contributed by atoms with Gasteiger partial charge in [-0.2, -0.15) is 0 Å². The summed E-state index contributed by atoms with van der Waals surface area (Å²) in [6.45, 7) is 7.52. The summed E-state index contributed by atoms with van der Waals surface area (Å²) < 4.78 is 6.36. The van der Waals surface area contributed by atoms with Crippen LogP contribution in [-0.4, -0.2) is 12.3 Å². The number of fused-ring (bicyclic) bond motifs is 1. The Balaban J connectivity index is 1.89. The van der Waals surface area contributed by atoms with Crippen molar-refractivity contribution in [2.24, 2.45) is 5.92 Å². The van der Waals surface area contributed by atoms with Gasteiger partial charge in [0.15, 0.2) is 0 Å². The minimum Gasteiger partial charge on any atom is -0.456 e. The molecule has 1 aliphatic heterocycles. The Kier molecular flexibility index (Phi) is 5.94. The van der Waals surface area contributed by atoms with Crippen molar-refractivity contribution in [2.45, 2.75) is 20.8 Å². The van der Waals surface area contributed by atoms with Crippen LogP contribution in [0.15, 0.2) is 96.6 Å². The van der Waals surface area contributed by atoms with Crippen LogP contribution in [0.1, 0.15) is 37.5 Å². The molecule has 0 atom stereocenters. The van der Waals surface area contributed by atoms with E-state index in [0.29, 0.717) is 5.92 Å². The summed E-state index contributed by atoms with van der Waals surface area (Å²) in [6, 6.07) is 29.1. The topological polar surface area (TPSA) is 23.2 Å². The molecule has 0 aliphatic carbocycles. The molecular weight excluding hydrogens is 366 g/mol. The number of ether oxygens (including phenoxy) is 1. The Hall–Kier alpha value is -3.39. The van der Waals surface area contributed by atoms with E-state index in [2.05, 4.69) is 98.6 Å². The summed E-state index contributed by atoms with van der Waals surface area (Å²) in [5.74, 6) is 2.36. The molecule has 0 aromatic heterocycles. The smallest absolute Gasteiger partial charge is 0.206 e. The predicted octanol–water partition coefficient (Wildman–Crippen LogP) is 5.12. The Morgan fingerprint density at radius 1 is 0.867 bits per heavy atom. The maximum Gasteiger partial charge on any atom is 0.206 e. The second-order valence-corrected chi connectivity index (χ2v) is 8.03. The second kappa shape index (κ2) is 8.96. The summed E-state index contributed by atoms with van der Waals surface area (Å²) >= 11 is 0. The molecule has 1 N–H and O–H groups in total. The molecule has 1 heterocycles. The summed E-state index contributed by atoms with van der Waals surface area (Å²) in [4.78, 5) is 3.67. The highest BCUT2D eigenvalue weighted by Gasteiger charge is 2.24. The standard InChI is InChI=1S/C28H27NO/c1-20(2)19-29-26(22-12-6-4-7-13-22)18-25-21(3)28(23-14-8-5-9-15-23)30-27-17-11-10-16-24(25)27/h4-18,20H,19H2,1-3H3/p+1/b25-18-,29-26?. The molecule has 2 heteroatoms. The number of hydrogen-bond acceptors (Lipinski definition) is 1. The van der Waals surface area contributed by atoms with Crippen molar-refractivity contribution in [2.75, 3.05) is 6.54 Å². The predicted molar refractivity (Wildman–Crippen MR) is 125 cm³/mol. The molecule has 0 saturated carbocycles. The number of para-hydroxylation sites is 1. The van der Waals surface area contributed by atoms with Gasteiger partial charge in [-0.3, -0.25) is 0 Å². The van der Waals surface area contributed by atoms with Crippen molar-refractivity contribution in [3.05, 3.63) is 113 Å². The molecule has 0 saturated heterocycles. The maximum absolute atomic E-state index is 6.36. The fraction of sp³-hybridized carbons (Fsp3) is 0.179. The van der Waals surface area contributed by atoms with E-state index in [0.717, 1.165) is 40.5 Å². The summed E-state index contributed by atoms with van der Waals surface area (Å²) in [5.41, 5.74) is 6.85. The van der Waals surface area contributed by atoms with Gasteiger partial charge >= 0.3 is 0 Å². The summed E-state index contributed by atoms with van der Waals surface area (Å²) in [6.07, 6.45) is 2.28. The molecular formula is C28H28NO+. The van der Waals surface area contributed by atoms with E-state index >= 15 is 0 Å². The molecule has 0 spiro atoms. The molecule has 4 rings (SSSR count). The minimum absolute atomic E-state index is 0.556. The zero-order valence-electron chi connectivity index (χ0n) is 17.9. The van der Waals surface area contributed by atoms with Gasteiger partial charge in [0.25, 0.3) is 0 Å². The lowest BCUT2D eigenvalue weighted by molar-refractivity contribution is -0.463. The monoisotopic (exact) mass is 394 g/mol. The van der Waals surface area contributed by atoms with E-state index in [1.165, 1.54) is 11.1 Å². The number of benzene rings is 3. The highest BCUT2D eigenvalue weighted by atomic mass is 16.5. The van der Waals surface area contributed by atoms with Crippen LogP contribution in [-0.2, 0) is 0 Å². The van der Waals surface area contributed by atoms with Gasteiger partial charge in [0, 0.05) is 34.3 Å². The fourth-order valence-corrected chi connectivity index (χ4v) is 3.65. The molecule has 30 heavy (non-hydrogen) atoms. The first-order valence-electron chi connectivity index (χ1n) is 10.6. The Labute approximate surface area is 179 Å². The van der Waals surface area contributed by atoms with Crippen LogP contribution < -0.4 is 9.73 Å². The van der Waals surface area contributed by atoms with E-state index < -0.39 is 0 Å². The van der Waals surface area contributed by atoms with Gasteiger partial charge in [-0.05, 0) is 30.7 Å². The van der Waals surface area contributed by atoms with Gasteiger partial charge in [-0.1, -0.05) is 80.6 Å². The molecule has 0 fully saturated rings. The third-order valence-corrected chi connectivity index (χ3v) is 5.24. The molecule has 0 amide bonds. The van der Waals surface area contributed by atoms with E-state index in [9.17, 15) is 0 Å². The lowest BCUT2D eigenvalue weighted by atomic mass is 9.91. The summed E-state index contributed by atoms with van der Waals surface area (Å²) in [5, 5.41) is 0. The third-order valence-electron chi connectivity index (χ3n) is 5.24. The first-order chi connectivity index (χ1) is 14.6. The van der Waals surface area contributed by atoms with Crippen molar-refractivity contribution in [3.63, 3.8) is 0 Å². The molecule has 3 aromatic rings. The average Bonchev–Trinajstić information content (AvgIpc) is 2.78. The van der Waals surface area contributed by atoms with Gasteiger partial charge in [0.05, 0.1) is 0 Å². The van der Waals surface area contributed by atoms with Crippen molar-refractivity contribution < 1.29 is 9.73 Å². The Morgan fingerprint density at radius 2 is 1.50 bits per heavy atom. The molecule has 0 unspecified atom stereocenters. The highest BCUT2D eigenvalue weighted by molar-refractivity contribution is 6.11. The lowest BCUT2D eigenvalue weighted by Gasteiger charge is -2.24. The van der Waals surface area contributed by atoms with Crippen LogP contribution in [0.3, 0.4) is 0 Å². The van der Waals surface area contributed by atoms with Crippen LogP contribution in [0, 0.1) is 5.92 Å². The Morgan fingerprint density at radius 3 is 2.20 bits per heavy atom. The van der Waals surface area contributed by atoms with E-state index in [-0.39, 0.29) is 0 Å². The van der Waals surface area contributed by atoms with Gasteiger partial charge in [0.2, 0.25) is 5.71 Å². The lowest BCUT2D eigenvalue weighted by Crippen LogP contribution is -2.74. The van der Waals surface area contributed by atoms with Crippen LogP contribution in [0.25, 0.3) is 11.3 Å². The largest absolute Gasteiger partial charge is 0.456 e. The van der Waals surface area contributed by atoms with Gasteiger partial charge in [-0.15, -0.1) is 0 Å². The number of allylic oxidation sites excluding steroid dienone is 3. The average molecular weight is 395 g/mol. The van der Waals surface area contributed by atoms with Gasteiger partial charge in [-0.25, -0.2) is 4.99 Å². The van der Waals surface area contributed by atoms with Gasteiger partial charge < -0.3 is 4.74 Å². The van der Waals surface area contributed by atoms with Crippen LogP contribution in [0.4, 0.5) is 0 Å². The zero-order chi connectivity index (χ0) is 20.9. The number of nitrogens with one attached hydrogen (secondary N) is 1. The van der Waals surface area contributed by atoms with Crippen molar-refractivity contribution >= 4 is 17.0 Å². The minimum atomic E-state index is 0.556.